The molecule has 1 rings (SSSR count). The van der Waals surface area contributed by atoms with Gasteiger partial charge in [0.05, 0.1) is 13.7 Å². The summed E-state index contributed by atoms with van der Waals surface area (Å²) in [5.41, 5.74) is 0.626. The summed E-state index contributed by atoms with van der Waals surface area (Å²) in [5, 5.41) is 12.1. The Morgan fingerprint density at radius 1 is 1.35 bits per heavy atom. The van der Waals surface area contributed by atoms with Crippen LogP contribution in [0.15, 0.2) is 18.2 Å². The van der Waals surface area contributed by atoms with E-state index in [0.29, 0.717) is 17.1 Å². The summed E-state index contributed by atoms with van der Waals surface area (Å²) >= 11 is 0. The molecule has 20 heavy (non-hydrogen) atoms. The van der Waals surface area contributed by atoms with Gasteiger partial charge in [-0.3, -0.25) is 4.79 Å². The Kier molecular flexibility index (Phi) is 6.87. The molecule has 0 saturated carbocycles. The third kappa shape index (κ3) is 4.74. The van der Waals surface area contributed by atoms with Gasteiger partial charge in [0.2, 0.25) is 0 Å². The molecule has 0 heterocycles. The van der Waals surface area contributed by atoms with E-state index in [1.54, 1.807) is 25.3 Å². The van der Waals surface area contributed by atoms with Crippen molar-refractivity contribution >= 4 is 5.91 Å². The van der Waals surface area contributed by atoms with Gasteiger partial charge in [0.15, 0.2) is 6.61 Å². The van der Waals surface area contributed by atoms with Crippen molar-refractivity contribution in [3.8, 4) is 11.5 Å². The van der Waals surface area contributed by atoms with Gasteiger partial charge in [-0.15, -0.1) is 0 Å². The number of nitrogens with one attached hydrogen (secondary N) is 1. The van der Waals surface area contributed by atoms with Gasteiger partial charge in [0, 0.05) is 17.7 Å². The molecule has 1 aromatic rings. The van der Waals surface area contributed by atoms with E-state index in [1.807, 2.05) is 13.8 Å². The van der Waals surface area contributed by atoms with Crippen LogP contribution in [-0.2, 0) is 11.4 Å². The van der Waals surface area contributed by atoms with Gasteiger partial charge in [0.1, 0.15) is 11.5 Å². The summed E-state index contributed by atoms with van der Waals surface area (Å²) in [6.45, 7) is 3.84. The van der Waals surface area contributed by atoms with E-state index in [2.05, 4.69) is 5.32 Å². The third-order valence-electron chi connectivity index (χ3n) is 3.15. The highest BCUT2D eigenvalue weighted by Crippen LogP contribution is 2.24. The maximum absolute atomic E-state index is 11.8. The standard InChI is InChI=1S/C15H23NO4/c1-4-12(5-2)16-15(18)10-20-14-8-13(19-3)7-6-11(14)9-17/h6-8,12,17H,4-5,9-10H2,1-3H3,(H,16,18). The van der Waals surface area contributed by atoms with Crippen molar-refractivity contribution in [2.24, 2.45) is 0 Å². The minimum Gasteiger partial charge on any atom is -0.497 e. The van der Waals surface area contributed by atoms with Crippen molar-refractivity contribution in [1.29, 1.82) is 0 Å². The molecule has 0 saturated heterocycles. The fourth-order valence-corrected chi connectivity index (χ4v) is 1.83. The Balaban J connectivity index is 2.62. The van der Waals surface area contributed by atoms with E-state index in [0.717, 1.165) is 12.8 Å². The lowest BCUT2D eigenvalue weighted by Crippen LogP contribution is -2.37. The number of amides is 1. The quantitative estimate of drug-likeness (QED) is 0.763. The maximum atomic E-state index is 11.8. The Labute approximate surface area is 119 Å². The summed E-state index contributed by atoms with van der Waals surface area (Å²) in [7, 11) is 1.55. The molecule has 0 bridgehead atoms. The predicted octanol–water partition coefficient (Wildman–Crippen LogP) is 1.87. The number of hydrogen-bond donors (Lipinski definition) is 2. The fourth-order valence-electron chi connectivity index (χ4n) is 1.83. The second-order valence-electron chi connectivity index (χ2n) is 4.50. The summed E-state index contributed by atoms with van der Waals surface area (Å²) in [6, 6.07) is 5.29. The van der Waals surface area contributed by atoms with Crippen LogP contribution >= 0.6 is 0 Å². The van der Waals surface area contributed by atoms with E-state index >= 15 is 0 Å². The van der Waals surface area contributed by atoms with Crippen LogP contribution in [0, 0.1) is 0 Å². The van der Waals surface area contributed by atoms with E-state index in [-0.39, 0.29) is 25.2 Å². The first-order valence-electron chi connectivity index (χ1n) is 6.84. The van der Waals surface area contributed by atoms with Crippen LogP contribution in [0.1, 0.15) is 32.3 Å². The smallest absolute Gasteiger partial charge is 0.258 e. The van der Waals surface area contributed by atoms with Gasteiger partial charge in [0.25, 0.3) is 5.91 Å². The molecule has 0 radical (unpaired) electrons. The molecular formula is C15H23NO4. The topological polar surface area (TPSA) is 67.8 Å². The summed E-state index contributed by atoms with van der Waals surface area (Å²) in [5.74, 6) is 0.926. The summed E-state index contributed by atoms with van der Waals surface area (Å²) in [4.78, 5) is 11.8. The molecule has 0 spiro atoms. The Morgan fingerprint density at radius 3 is 2.60 bits per heavy atom. The Bertz CT molecular complexity index is 430. The van der Waals surface area contributed by atoms with Crippen LogP contribution in [0.25, 0.3) is 0 Å². The Morgan fingerprint density at radius 2 is 2.05 bits per heavy atom. The molecular weight excluding hydrogens is 258 g/mol. The van der Waals surface area contributed by atoms with Crippen molar-refractivity contribution in [3.05, 3.63) is 23.8 Å². The number of methoxy groups -OCH3 is 1. The van der Waals surface area contributed by atoms with E-state index < -0.39 is 0 Å². The molecule has 0 aliphatic carbocycles. The highest BCUT2D eigenvalue weighted by molar-refractivity contribution is 5.77. The average molecular weight is 281 g/mol. The van der Waals surface area contributed by atoms with Crippen LogP contribution in [-0.4, -0.2) is 30.8 Å². The molecule has 0 aliphatic heterocycles. The summed E-state index contributed by atoms with van der Waals surface area (Å²) in [6.07, 6.45) is 1.78. The average Bonchev–Trinajstić information content (AvgIpc) is 2.50. The molecule has 0 aromatic heterocycles. The number of carbonyl (C=O) groups excluding carboxylic acids is 1. The van der Waals surface area contributed by atoms with Gasteiger partial charge in [-0.2, -0.15) is 0 Å². The van der Waals surface area contributed by atoms with Gasteiger partial charge >= 0.3 is 0 Å². The minimum absolute atomic E-state index is 0.0728. The van der Waals surface area contributed by atoms with Crippen LogP contribution in [0.3, 0.4) is 0 Å². The first-order valence-corrected chi connectivity index (χ1v) is 6.84. The second-order valence-corrected chi connectivity index (χ2v) is 4.50. The zero-order valence-corrected chi connectivity index (χ0v) is 12.3. The number of benzene rings is 1. The maximum Gasteiger partial charge on any atom is 0.258 e. The summed E-state index contributed by atoms with van der Waals surface area (Å²) < 4.78 is 10.6. The van der Waals surface area contributed by atoms with E-state index in [1.165, 1.54) is 0 Å². The molecule has 0 atom stereocenters. The molecule has 0 fully saturated rings. The number of hydrogen-bond acceptors (Lipinski definition) is 4. The second kappa shape index (κ2) is 8.43. The van der Waals surface area contributed by atoms with Crippen LogP contribution < -0.4 is 14.8 Å². The van der Waals surface area contributed by atoms with Crippen LogP contribution in [0.5, 0.6) is 11.5 Å². The van der Waals surface area contributed by atoms with Crippen molar-refractivity contribution in [2.45, 2.75) is 39.3 Å². The van der Waals surface area contributed by atoms with E-state index in [4.69, 9.17) is 9.47 Å². The molecule has 112 valence electrons. The SMILES string of the molecule is CCC(CC)NC(=O)COc1cc(OC)ccc1CO. The van der Waals surface area contributed by atoms with Crippen molar-refractivity contribution < 1.29 is 19.4 Å². The lowest BCUT2D eigenvalue weighted by Gasteiger charge is -2.16. The fraction of sp³-hybridized carbons (Fsp3) is 0.533. The number of aliphatic hydroxyl groups excluding tert-OH is 1. The van der Waals surface area contributed by atoms with Gasteiger partial charge < -0.3 is 19.9 Å². The first-order chi connectivity index (χ1) is 9.64. The normalized spacial score (nSPS) is 10.4. The molecule has 5 heteroatoms. The minimum atomic E-state index is -0.162. The third-order valence-corrected chi connectivity index (χ3v) is 3.15. The lowest BCUT2D eigenvalue weighted by atomic mass is 10.2. The molecule has 0 aliphatic rings. The number of aliphatic hydroxyl groups is 1. The van der Waals surface area contributed by atoms with Crippen molar-refractivity contribution in [2.75, 3.05) is 13.7 Å². The highest BCUT2D eigenvalue weighted by Gasteiger charge is 2.11. The molecule has 0 unspecified atom stereocenters. The number of rotatable bonds is 8. The van der Waals surface area contributed by atoms with Gasteiger partial charge in [-0.25, -0.2) is 0 Å². The molecule has 5 nitrogen and oxygen atoms in total. The lowest BCUT2D eigenvalue weighted by molar-refractivity contribution is -0.123. The Hall–Kier alpha value is -1.75. The largest absolute Gasteiger partial charge is 0.497 e. The number of carbonyl (C=O) groups is 1. The van der Waals surface area contributed by atoms with Crippen LogP contribution in [0.2, 0.25) is 0 Å². The highest BCUT2D eigenvalue weighted by atomic mass is 16.5. The molecule has 1 amide bonds. The number of ether oxygens (including phenoxy) is 2. The molecule has 1 aromatic carbocycles. The molecule has 2 N–H and O–H groups in total. The monoisotopic (exact) mass is 281 g/mol. The van der Waals surface area contributed by atoms with Crippen molar-refractivity contribution in [1.82, 2.24) is 5.32 Å². The van der Waals surface area contributed by atoms with E-state index in [9.17, 15) is 9.90 Å². The first kappa shape index (κ1) is 16.3. The zero-order chi connectivity index (χ0) is 15.0. The zero-order valence-electron chi connectivity index (χ0n) is 12.3. The predicted molar refractivity (Wildman–Crippen MR) is 76.9 cm³/mol. The van der Waals surface area contributed by atoms with Crippen LogP contribution in [0.4, 0.5) is 0 Å². The van der Waals surface area contributed by atoms with Gasteiger partial charge in [-0.05, 0) is 25.0 Å². The van der Waals surface area contributed by atoms with Gasteiger partial charge in [-0.1, -0.05) is 13.8 Å². The van der Waals surface area contributed by atoms with Crippen molar-refractivity contribution in [3.63, 3.8) is 0 Å².